The quantitative estimate of drug-likeness (QED) is 0.00879. The summed E-state index contributed by atoms with van der Waals surface area (Å²) < 4.78 is 35.1. The molecule has 12 nitrogen and oxygen atoms in total. The van der Waals surface area contributed by atoms with Crippen LogP contribution in [0.15, 0.2) is 96.8 Å². The fraction of sp³-hybridized carbons (Fsp3) is 0.481. The molecule has 0 atom stereocenters. The van der Waals surface area contributed by atoms with Gasteiger partial charge in [-0.1, -0.05) is 62.5 Å². The van der Waals surface area contributed by atoms with Crippen LogP contribution in [0.25, 0.3) is 15.1 Å². The Balaban J connectivity index is 1.01. The molecule has 0 amide bonds. The Morgan fingerprint density at radius 3 is 2.22 bits per heavy atom. The normalized spacial score (nSPS) is 18.5. The number of carbonyl (C=O) groups is 2. The lowest BCUT2D eigenvalue weighted by atomic mass is 9.77. The molecule has 346 valence electrons. The number of benzene rings is 3. The van der Waals surface area contributed by atoms with E-state index in [9.17, 15) is 9.59 Å². The first-order valence-electron chi connectivity index (χ1n) is 23.2. The molecule has 0 N–H and O–H groups in total. The summed E-state index contributed by atoms with van der Waals surface area (Å²) in [5, 5.41) is 7.67. The molecule has 0 radical (unpaired) electrons. The topological polar surface area (TPSA) is 122 Å². The van der Waals surface area contributed by atoms with Crippen molar-refractivity contribution >= 4 is 44.8 Å². The second-order valence-corrected chi connectivity index (χ2v) is 17.7. The summed E-state index contributed by atoms with van der Waals surface area (Å²) >= 11 is 1.58. The van der Waals surface area contributed by atoms with E-state index >= 15 is 0 Å². The highest BCUT2D eigenvalue weighted by molar-refractivity contribution is 7.22. The van der Waals surface area contributed by atoms with Crippen molar-refractivity contribution in [3.8, 4) is 17.2 Å². The van der Waals surface area contributed by atoms with Crippen molar-refractivity contribution in [2.75, 3.05) is 57.7 Å². The summed E-state index contributed by atoms with van der Waals surface area (Å²) in [5.41, 5.74) is 2.90. The van der Waals surface area contributed by atoms with Crippen LogP contribution in [-0.4, -0.2) is 75.9 Å². The van der Waals surface area contributed by atoms with Gasteiger partial charge in [0.25, 0.3) is 0 Å². The molecule has 4 aromatic rings. The Bertz CT molecular complexity index is 2170. The first-order valence-corrected chi connectivity index (χ1v) is 24.0. The van der Waals surface area contributed by atoms with Gasteiger partial charge in [0.2, 0.25) is 11.7 Å². The highest BCUT2D eigenvalue weighted by Gasteiger charge is 2.33. The van der Waals surface area contributed by atoms with E-state index in [1.54, 1.807) is 47.9 Å². The van der Waals surface area contributed by atoms with Crippen LogP contribution in [0.3, 0.4) is 0 Å². The Morgan fingerprint density at radius 1 is 0.846 bits per heavy atom. The van der Waals surface area contributed by atoms with Crippen LogP contribution >= 0.6 is 11.3 Å². The molecule has 0 spiro atoms. The van der Waals surface area contributed by atoms with E-state index in [4.69, 9.17) is 45.1 Å². The highest BCUT2D eigenvalue weighted by atomic mass is 32.1. The lowest BCUT2D eigenvalue weighted by Gasteiger charge is -2.29. The molecule has 2 saturated carbocycles. The standard InChI is InChI=1S/C52H64N4O8S/c1-5-11-39-14-16-40(17-15-39)43-22-27-48(44(36-43)37-54-56(29-10-9-28-53-4)52-55-47-12-7-8-13-49(47)65-52)64-51(58)42-20-18-41(19-21-42)50(57)63-46-25-23-45(24-26-46)62-35-33-60-31-30-59-32-34-61-38(3)6-2/h6-8,12-13,22-27,36-37,39-42H,2-3,5,9-11,14-21,28-35H2,1H3/b54-37+. The van der Waals surface area contributed by atoms with Crippen LogP contribution in [0.4, 0.5) is 5.13 Å². The smallest absolute Gasteiger partial charge is 0.314 e. The molecule has 2 aliphatic rings. The van der Waals surface area contributed by atoms with Crippen molar-refractivity contribution in [3.05, 3.63) is 114 Å². The zero-order valence-electron chi connectivity index (χ0n) is 37.8. The van der Waals surface area contributed by atoms with E-state index in [2.05, 4.69) is 43.1 Å². The first kappa shape index (κ1) is 48.9. The van der Waals surface area contributed by atoms with E-state index < -0.39 is 0 Å². The Hall–Kier alpha value is -5.55. The number of anilines is 1. The molecule has 2 aliphatic carbocycles. The van der Waals surface area contributed by atoms with Gasteiger partial charge in [-0.05, 0) is 130 Å². The van der Waals surface area contributed by atoms with Crippen molar-refractivity contribution in [2.24, 2.45) is 22.9 Å². The largest absolute Gasteiger partial charge is 0.492 e. The average Bonchev–Trinajstić information content (AvgIpc) is 3.77. The summed E-state index contributed by atoms with van der Waals surface area (Å²) in [7, 11) is 0. The van der Waals surface area contributed by atoms with Gasteiger partial charge in [0, 0.05) is 18.5 Å². The van der Waals surface area contributed by atoms with Gasteiger partial charge in [-0.2, -0.15) is 5.10 Å². The fourth-order valence-electron chi connectivity index (χ4n) is 8.36. The average molecular weight is 905 g/mol. The van der Waals surface area contributed by atoms with Crippen LogP contribution in [-0.2, 0) is 23.8 Å². The lowest BCUT2D eigenvalue weighted by molar-refractivity contribution is -0.145. The minimum absolute atomic E-state index is 0.298. The number of allylic oxidation sites excluding steroid dienone is 1. The van der Waals surface area contributed by atoms with Gasteiger partial charge in [0.15, 0.2) is 0 Å². The van der Waals surface area contributed by atoms with Crippen LogP contribution in [0.1, 0.15) is 101 Å². The number of hydrogen-bond donors (Lipinski definition) is 0. The maximum atomic E-state index is 13.8. The summed E-state index contributed by atoms with van der Waals surface area (Å²) in [6.45, 7) is 20.3. The number of hydrogen-bond acceptors (Lipinski definition) is 12. The maximum Gasteiger partial charge on any atom is 0.314 e. The fourth-order valence-corrected chi connectivity index (χ4v) is 9.31. The third-order valence-corrected chi connectivity index (χ3v) is 13.1. The third kappa shape index (κ3) is 15.5. The van der Waals surface area contributed by atoms with Crippen molar-refractivity contribution in [1.29, 1.82) is 0 Å². The predicted octanol–water partition coefficient (Wildman–Crippen LogP) is 11.4. The first-order chi connectivity index (χ1) is 31.8. The van der Waals surface area contributed by atoms with Crippen molar-refractivity contribution in [3.63, 3.8) is 0 Å². The molecule has 1 heterocycles. The van der Waals surface area contributed by atoms with Gasteiger partial charge < -0.3 is 33.3 Å². The van der Waals surface area contributed by atoms with Gasteiger partial charge in [0.05, 0.1) is 54.7 Å². The van der Waals surface area contributed by atoms with Crippen LogP contribution < -0.4 is 19.2 Å². The van der Waals surface area contributed by atoms with Crippen molar-refractivity contribution in [2.45, 2.75) is 89.9 Å². The molecule has 0 saturated heterocycles. The van der Waals surface area contributed by atoms with Gasteiger partial charge in [-0.25, -0.2) is 16.6 Å². The molecule has 0 bridgehead atoms. The Labute approximate surface area is 388 Å². The number of para-hydroxylation sites is 1. The van der Waals surface area contributed by atoms with E-state index in [1.807, 2.05) is 29.3 Å². The van der Waals surface area contributed by atoms with Crippen molar-refractivity contribution in [1.82, 2.24) is 4.98 Å². The van der Waals surface area contributed by atoms with Crippen LogP contribution in [0.2, 0.25) is 0 Å². The van der Waals surface area contributed by atoms with Crippen LogP contribution in [0, 0.1) is 24.3 Å². The summed E-state index contributed by atoms with van der Waals surface area (Å²) in [6.07, 6.45) is 14.3. The Kier molecular flexibility index (Phi) is 19.9. The maximum absolute atomic E-state index is 13.8. The van der Waals surface area contributed by atoms with Crippen LogP contribution in [0.5, 0.6) is 17.2 Å². The number of nitrogens with zero attached hydrogens (tertiary/aromatic N) is 4. The highest BCUT2D eigenvalue weighted by Crippen LogP contribution is 2.39. The van der Waals surface area contributed by atoms with Gasteiger partial charge >= 0.3 is 11.9 Å². The number of aromatic nitrogens is 1. The second-order valence-electron chi connectivity index (χ2n) is 16.7. The van der Waals surface area contributed by atoms with E-state index in [0.717, 1.165) is 52.5 Å². The number of unbranched alkanes of at least 4 members (excludes halogenated alkanes) is 1. The number of fused-ring (bicyclic) bond motifs is 1. The SMILES string of the molecule is [C-]#[N+]CCCCN(/N=C/c1cc(C2CCC(CCC)CC2)ccc1OC(=O)C1CCC(C(=O)Oc2ccc(OCCOCCOCCOC(=C)C=C)cc2)CC1)c1nc2ccccc2s1. The molecule has 0 unspecified atom stereocenters. The number of carbonyl (C=O) groups excluding carboxylic acids is 2. The predicted molar refractivity (Wildman–Crippen MR) is 257 cm³/mol. The van der Waals surface area contributed by atoms with E-state index in [-0.39, 0.29) is 23.8 Å². The Morgan fingerprint density at radius 2 is 1.52 bits per heavy atom. The summed E-state index contributed by atoms with van der Waals surface area (Å²) in [6, 6.07) is 21.2. The zero-order chi connectivity index (χ0) is 45.6. The molecular formula is C52H64N4O8S. The monoisotopic (exact) mass is 904 g/mol. The lowest BCUT2D eigenvalue weighted by Crippen LogP contribution is -2.30. The summed E-state index contributed by atoms with van der Waals surface area (Å²) in [4.78, 5) is 35.4. The molecule has 3 aromatic carbocycles. The summed E-state index contributed by atoms with van der Waals surface area (Å²) in [5.74, 6) is 2.05. The number of esters is 2. The molecular weight excluding hydrogens is 841 g/mol. The zero-order valence-corrected chi connectivity index (χ0v) is 38.7. The second kappa shape index (κ2) is 26.4. The van der Waals surface area contributed by atoms with E-state index in [0.29, 0.717) is 107 Å². The van der Waals surface area contributed by atoms with Gasteiger partial charge in [-0.15, -0.1) is 0 Å². The molecule has 13 heteroatoms. The molecule has 0 aliphatic heterocycles. The minimum atomic E-state index is -0.338. The van der Waals surface area contributed by atoms with Gasteiger partial charge in [0.1, 0.15) is 36.2 Å². The minimum Gasteiger partial charge on any atom is -0.492 e. The van der Waals surface area contributed by atoms with E-state index in [1.165, 1.54) is 31.2 Å². The number of ether oxygens (including phenoxy) is 6. The number of rotatable bonds is 26. The molecule has 65 heavy (non-hydrogen) atoms. The van der Waals surface area contributed by atoms with Gasteiger partial charge in [-0.3, -0.25) is 9.59 Å². The number of thiazole rings is 1. The molecule has 6 rings (SSSR count). The molecule has 1 aromatic heterocycles. The third-order valence-electron chi connectivity index (χ3n) is 12.0. The van der Waals surface area contributed by atoms with Crippen molar-refractivity contribution < 1.29 is 38.0 Å². The molecule has 2 fully saturated rings. The number of hydrazone groups is 1.